The molecule has 2 aromatic carbocycles. The lowest BCUT2D eigenvalue weighted by atomic mass is 10.1. The fourth-order valence-corrected chi connectivity index (χ4v) is 3.65. The highest BCUT2D eigenvalue weighted by Crippen LogP contribution is 2.27. The molecule has 0 N–H and O–H groups in total. The third kappa shape index (κ3) is 3.85. The number of amides is 2. The van der Waals surface area contributed by atoms with E-state index in [1.165, 1.54) is 23.5 Å². The van der Waals surface area contributed by atoms with Gasteiger partial charge in [-0.25, -0.2) is 9.78 Å². The molecule has 8 nitrogen and oxygen atoms in total. The van der Waals surface area contributed by atoms with Crippen LogP contribution in [0.4, 0.5) is 0 Å². The van der Waals surface area contributed by atoms with E-state index in [-0.39, 0.29) is 35.6 Å². The van der Waals surface area contributed by atoms with E-state index in [1.807, 2.05) is 24.3 Å². The topological polar surface area (TPSA) is 103 Å². The van der Waals surface area contributed by atoms with Gasteiger partial charge in [0.2, 0.25) is 0 Å². The monoisotopic (exact) mass is 410 g/mol. The molecule has 0 unspecified atom stereocenters. The number of hydrogen-bond acceptors (Lipinski definition) is 8. The quantitative estimate of drug-likeness (QED) is 0.454. The van der Waals surface area contributed by atoms with Gasteiger partial charge in [0.15, 0.2) is 0 Å². The zero-order valence-electron chi connectivity index (χ0n) is 15.0. The maximum absolute atomic E-state index is 12.1. The Bertz CT molecular complexity index is 1070. The van der Waals surface area contributed by atoms with Gasteiger partial charge in [0.25, 0.3) is 17.0 Å². The number of imide groups is 1. The molecular formula is C20H14N2O6S. The molecule has 2 heterocycles. The van der Waals surface area contributed by atoms with E-state index in [9.17, 15) is 19.2 Å². The van der Waals surface area contributed by atoms with Crippen LogP contribution in [0.2, 0.25) is 0 Å². The summed E-state index contributed by atoms with van der Waals surface area (Å²) in [7, 11) is 0. The normalized spacial score (nSPS) is 12.9. The number of esters is 1. The van der Waals surface area contributed by atoms with Gasteiger partial charge in [-0.15, -0.1) is 0 Å². The van der Waals surface area contributed by atoms with Gasteiger partial charge in [-0.1, -0.05) is 40.7 Å². The smallest absolute Gasteiger partial charge is 0.333 e. The molecule has 0 radical (unpaired) electrons. The van der Waals surface area contributed by atoms with Crippen molar-refractivity contribution in [1.29, 1.82) is 0 Å². The van der Waals surface area contributed by atoms with Crippen molar-refractivity contribution in [3.8, 4) is 5.19 Å². The molecule has 2 amide bonds. The van der Waals surface area contributed by atoms with Crippen LogP contribution in [0, 0.1) is 0 Å². The van der Waals surface area contributed by atoms with Gasteiger partial charge in [-0.05, 0) is 30.7 Å². The summed E-state index contributed by atoms with van der Waals surface area (Å²) in [6.07, 6.45) is -0.0405. The van der Waals surface area contributed by atoms with Gasteiger partial charge in [-0.2, -0.15) is 0 Å². The van der Waals surface area contributed by atoms with E-state index in [0.29, 0.717) is 5.06 Å². The maximum atomic E-state index is 12.1. The highest BCUT2D eigenvalue weighted by molar-refractivity contribution is 7.20. The van der Waals surface area contributed by atoms with Crippen molar-refractivity contribution in [2.75, 3.05) is 0 Å². The number of aromatic nitrogens is 1. The molecular weight excluding hydrogens is 396 g/mol. The van der Waals surface area contributed by atoms with Crippen LogP contribution in [-0.4, -0.2) is 33.8 Å². The number of carbonyl (C=O) groups excluding carboxylic acids is 4. The zero-order valence-corrected chi connectivity index (χ0v) is 15.8. The summed E-state index contributed by atoms with van der Waals surface area (Å²) in [5, 5.41) is 0.691. The fourth-order valence-electron chi connectivity index (χ4n) is 2.82. The van der Waals surface area contributed by atoms with Crippen molar-refractivity contribution >= 4 is 45.3 Å². The van der Waals surface area contributed by atoms with Gasteiger partial charge in [0.1, 0.15) is 0 Å². The lowest BCUT2D eigenvalue weighted by Crippen LogP contribution is -2.32. The predicted octanol–water partition coefficient (Wildman–Crippen LogP) is 3.13. The van der Waals surface area contributed by atoms with Crippen molar-refractivity contribution in [3.63, 3.8) is 0 Å². The molecule has 0 aliphatic carbocycles. The standard InChI is InChI=1S/C20H14N2O6S/c23-16(27-20-21-14-8-3-4-9-15(14)29-20)10-5-11-17(24)28-22-18(25)12-6-1-2-7-13(12)19(22)26/h1-4,6-9H,5,10-11H2. The number of rotatable bonds is 6. The Hall–Kier alpha value is -3.59. The molecule has 0 saturated heterocycles. The van der Waals surface area contributed by atoms with Crippen molar-refractivity contribution < 1.29 is 28.8 Å². The van der Waals surface area contributed by atoms with Crippen molar-refractivity contribution in [3.05, 3.63) is 59.7 Å². The van der Waals surface area contributed by atoms with Crippen LogP contribution >= 0.6 is 11.3 Å². The molecule has 4 rings (SSSR count). The molecule has 0 fully saturated rings. The number of ether oxygens (including phenoxy) is 1. The van der Waals surface area contributed by atoms with Gasteiger partial charge in [0, 0.05) is 12.8 Å². The summed E-state index contributed by atoms with van der Waals surface area (Å²) >= 11 is 1.25. The van der Waals surface area contributed by atoms with Gasteiger partial charge >= 0.3 is 11.9 Å². The van der Waals surface area contributed by atoms with Crippen LogP contribution in [0.5, 0.6) is 5.19 Å². The summed E-state index contributed by atoms with van der Waals surface area (Å²) in [6.45, 7) is 0. The molecule has 29 heavy (non-hydrogen) atoms. The second-order valence-corrected chi connectivity index (χ2v) is 7.18. The van der Waals surface area contributed by atoms with E-state index < -0.39 is 23.8 Å². The highest BCUT2D eigenvalue weighted by Gasteiger charge is 2.38. The lowest BCUT2D eigenvalue weighted by molar-refractivity contribution is -0.168. The number of hydroxylamine groups is 2. The van der Waals surface area contributed by atoms with Crippen molar-refractivity contribution in [2.45, 2.75) is 19.3 Å². The van der Waals surface area contributed by atoms with Gasteiger partial charge in [-0.3, -0.25) is 14.4 Å². The van der Waals surface area contributed by atoms with E-state index in [0.717, 1.165) is 10.2 Å². The Kier molecular flexibility index (Phi) is 5.05. The van der Waals surface area contributed by atoms with E-state index >= 15 is 0 Å². The Morgan fingerprint density at radius 1 is 0.897 bits per heavy atom. The third-order valence-electron chi connectivity index (χ3n) is 4.19. The second kappa shape index (κ2) is 7.80. The summed E-state index contributed by atoms with van der Waals surface area (Å²) in [5.74, 6) is -2.69. The van der Waals surface area contributed by atoms with Crippen LogP contribution in [0.25, 0.3) is 10.2 Å². The van der Waals surface area contributed by atoms with Crippen LogP contribution in [0.3, 0.4) is 0 Å². The van der Waals surface area contributed by atoms with Crippen LogP contribution < -0.4 is 4.74 Å². The number of hydrogen-bond donors (Lipinski definition) is 0. The second-order valence-electron chi connectivity index (χ2n) is 6.19. The number of carbonyl (C=O) groups is 4. The number of nitrogens with zero attached hydrogens (tertiary/aromatic N) is 2. The Morgan fingerprint density at radius 2 is 1.52 bits per heavy atom. The van der Waals surface area contributed by atoms with Crippen LogP contribution in [-0.2, 0) is 14.4 Å². The summed E-state index contributed by atoms with van der Waals surface area (Å²) in [6, 6.07) is 13.6. The molecule has 0 saturated carbocycles. The number of thiazole rings is 1. The first kappa shape index (κ1) is 18.8. The first-order valence-electron chi connectivity index (χ1n) is 8.78. The minimum atomic E-state index is -0.785. The summed E-state index contributed by atoms with van der Waals surface area (Å²) in [4.78, 5) is 57.3. The molecule has 1 aromatic heterocycles. The van der Waals surface area contributed by atoms with E-state index in [1.54, 1.807) is 12.1 Å². The molecule has 3 aromatic rings. The Labute approximate surface area is 168 Å². The first-order valence-corrected chi connectivity index (χ1v) is 9.59. The predicted molar refractivity (Wildman–Crippen MR) is 102 cm³/mol. The minimum absolute atomic E-state index is 0.0346. The van der Waals surface area contributed by atoms with Gasteiger partial charge in [0.05, 0.1) is 21.3 Å². The molecule has 0 atom stereocenters. The maximum Gasteiger partial charge on any atom is 0.333 e. The average Bonchev–Trinajstić information content (AvgIpc) is 3.22. The van der Waals surface area contributed by atoms with Crippen molar-refractivity contribution in [1.82, 2.24) is 10.0 Å². The largest absolute Gasteiger partial charge is 0.398 e. The minimum Gasteiger partial charge on any atom is -0.398 e. The molecule has 0 bridgehead atoms. The van der Waals surface area contributed by atoms with E-state index in [4.69, 9.17) is 9.57 Å². The molecule has 1 aliphatic heterocycles. The molecule has 1 aliphatic rings. The molecule has 146 valence electrons. The van der Waals surface area contributed by atoms with Crippen LogP contribution in [0.15, 0.2) is 48.5 Å². The summed E-state index contributed by atoms with van der Waals surface area (Å²) in [5.41, 5.74) is 1.11. The molecule has 9 heteroatoms. The van der Waals surface area contributed by atoms with E-state index in [2.05, 4.69) is 4.98 Å². The highest BCUT2D eigenvalue weighted by atomic mass is 32.1. The molecule has 0 spiro atoms. The SMILES string of the molecule is O=C(CCCC(=O)ON1C(=O)c2ccccc2C1=O)Oc1nc2ccccc2s1. The van der Waals surface area contributed by atoms with Crippen molar-refractivity contribution in [2.24, 2.45) is 0 Å². The van der Waals surface area contributed by atoms with Gasteiger partial charge < -0.3 is 9.57 Å². The number of benzene rings is 2. The Balaban J connectivity index is 1.25. The number of para-hydroxylation sites is 1. The summed E-state index contributed by atoms with van der Waals surface area (Å²) < 4.78 is 6.09. The first-order chi connectivity index (χ1) is 14.0. The fraction of sp³-hybridized carbons (Fsp3) is 0.150. The third-order valence-corrected chi connectivity index (χ3v) is 5.10. The average molecular weight is 410 g/mol. The van der Waals surface area contributed by atoms with Crippen LogP contribution in [0.1, 0.15) is 40.0 Å². The lowest BCUT2D eigenvalue weighted by Gasteiger charge is -2.12. The zero-order chi connectivity index (χ0) is 20.4. The Morgan fingerprint density at radius 3 is 2.21 bits per heavy atom. The number of fused-ring (bicyclic) bond motifs is 2.